The number of ether oxygens (including phenoxy) is 1. The Hall–Kier alpha value is -3.67. The molecule has 2 heterocycles. The van der Waals surface area contributed by atoms with Crippen molar-refractivity contribution in [3.63, 3.8) is 0 Å². The van der Waals surface area contributed by atoms with Gasteiger partial charge in [0.1, 0.15) is 17.5 Å². The van der Waals surface area contributed by atoms with Crippen LogP contribution in [-0.2, 0) is 0 Å². The van der Waals surface area contributed by atoms with Crippen molar-refractivity contribution in [2.24, 2.45) is 0 Å². The first-order valence-corrected chi connectivity index (χ1v) is 9.00. The number of pyridine rings is 1. The van der Waals surface area contributed by atoms with Gasteiger partial charge in [0, 0.05) is 16.8 Å². The van der Waals surface area contributed by atoms with Crippen molar-refractivity contribution in [3.05, 3.63) is 71.7 Å². The molecule has 0 aliphatic rings. The average molecular weight is 371 g/mol. The molecule has 6 heteroatoms. The molecule has 0 saturated carbocycles. The number of aryl methyl sites for hydroxylation is 3. The van der Waals surface area contributed by atoms with Crippen molar-refractivity contribution in [3.8, 4) is 11.6 Å². The third-order valence-corrected chi connectivity index (χ3v) is 4.52. The van der Waals surface area contributed by atoms with Gasteiger partial charge in [-0.3, -0.25) is 0 Å². The van der Waals surface area contributed by atoms with E-state index in [1.54, 1.807) is 0 Å². The van der Waals surface area contributed by atoms with E-state index >= 15 is 0 Å². The van der Waals surface area contributed by atoms with Gasteiger partial charge >= 0.3 is 0 Å². The van der Waals surface area contributed by atoms with Crippen LogP contribution in [0.25, 0.3) is 10.9 Å². The summed E-state index contributed by atoms with van der Waals surface area (Å²) < 4.78 is 6.03. The van der Waals surface area contributed by atoms with Crippen LogP contribution in [0.5, 0.6) is 11.6 Å². The quantitative estimate of drug-likeness (QED) is 0.521. The number of nitrogens with two attached hydrogens (primary N) is 1. The summed E-state index contributed by atoms with van der Waals surface area (Å²) in [4.78, 5) is 13.1. The number of hydrogen-bond acceptors (Lipinski definition) is 6. The van der Waals surface area contributed by atoms with Gasteiger partial charge in [-0.1, -0.05) is 30.3 Å². The fraction of sp³-hybridized carbons (Fsp3) is 0.136. The number of nitrogens with zero attached hydrogens (tertiary/aromatic N) is 3. The van der Waals surface area contributed by atoms with Gasteiger partial charge in [-0.05, 0) is 50.1 Å². The molecule has 0 aliphatic heterocycles. The SMILES string of the molecule is Cc1ccc(C)c(Nc2ncnc(Oc3cccc4ccc(C)nc34)c2N)c1. The number of nitrogen functional groups attached to an aromatic ring is 1. The molecule has 0 aliphatic carbocycles. The molecular formula is C22H21N5O. The lowest BCUT2D eigenvalue weighted by molar-refractivity contribution is 0.469. The Balaban J connectivity index is 1.70. The van der Waals surface area contributed by atoms with Gasteiger partial charge in [0.2, 0.25) is 5.88 Å². The predicted molar refractivity (Wildman–Crippen MR) is 112 cm³/mol. The highest BCUT2D eigenvalue weighted by atomic mass is 16.5. The lowest BCUT2D eigenvalue weighted by atomic mass is 10.1. The second-order valence-electron chi connectivity index (χ2n) is 6.77. The Morgan fingerprint density at radius 1 is 0.964 bits per heavy atom. The van der Waals surface area contributed by atoms with E-state index in [2.05, 4.69) is 38.5 Å². The van der Waals surface area contributed by atoms with Crippen molar-refractivity contribution >= 4 is 28.1 Å². The van der Waals surface area contributed by atoms with Crippen molar-refractivity contribution in [1.82, 2.24) is 15.0 Å². The third-order valence-electron chi connectivity index (χ3n) is 4.52. The zero-order valence-corrected chi connectivity index (χ0v) is 16.0. The fourth-order valence-corrected chi connectivity index (χ4v) is 2.96. The van der Waals surface area contributed by atoms with E-state index in [1.807, 2.05) is 51.1 Å². The summed E-state index contributed by atoms with van der Waals surface area (Å²) in [6, 6.07) is 15.9. The van der Waals surface area contributed by atoms with Crippen LogP contribution in [0.2, 0.25) is 0 Å². The van der Waals surface area contributed by atoms with E-state index in [1.165, 1.54) is 6.33 Å². The van der Waals surface area contributed by atoms with Crippen LogP contribution in [0.3, 0.4) is 0 Å². The number of nitrogens with one attached hydrogen (secondary N) is 1. The highest BCUT2D eigenvalue weighted by Crippen LogP contribution is 2.34. The van der Waals surface area contributed by atoms with Gasteiger partial charge in [0.25, 0.3) is 0 Å². The number of aromatic nitrogens is 3. The molecule has 2 aromatic heterocycles. The van der Waals surface area contributed by atoms with Gasteiger partial charge in [-0.15, -0.1) is 0 Å². The molecule has 3 N–H and O–H groups in total. The largest absolute Gasteiger partial charge is 0.435 e. The second-order valence-corrected chi connectivity index (χ2v) is 6.77. The molecule has 2 aromatic carbocycles. The third kappa shape index (κ3) is 3.44. The summed E-state index contributed by atoms with van der Waals surface area (Å²) in [5, 5.41) is 4.27. The number of fused-ring (bicyclic) bond motifs is 1. The number of rotatable bonds is 4. The van der Waals surface area contributed by atoms with Crippen LogP contribution in [-0.4, -0.2) is 15.0 Å². The molecule has 0 spiro atoms. The fourth-order valence-electron chi connectivity index (χ4n) is 2.96. The predicted octanol–water partition coefficient (Wildman–Crippen LogP) is 5.07. The van der Waals surface area contributed by atoms with Gasteiger partial charge in [0.05, 0.1) is 0 Å². The zero-order valence-electron chi connectivity index (χ0n) is 16.0. The summed E-state index contributed by atoms with van der Waals surface area (Å²) in [7, 11) is 0. The second kappa shape index (κ2) is 7.15. The molecule has 0 bridgehead atoms. The standard InChI is InChI=1S/C22H21N5O/c1-13-7-8-14(2)17(11-13)27-21-19(23)22(25-12-24-21)28-18-6-4-5-16-10-9-15(3)26-20(16)18/h4-12H,23H2,1-3H3,(H,24,25,27). The molecule has 28 heavy (non-hydrogen) atoms. The zero-order chi connectivity index (χ0) is 19.7. The molecule has 4 rings (SSSR count). The first-order valence-electron chi connectivity index (χ1n) is 9.00. The minimum atomic E-state index is 0.290. The minimum absolute atomic E-state index is 0.290. The Labute approximate surface area is 163 Å². The molecule has 0 atom stereocenters. The smallest absolute Gasteiger partial charge is 0.248 e. The highest BCUT2D eigenvalue weighted by molar-refractivity contribution is 5.85. The maximum Gasteiger partial charge on any atom is 0.248 e. The molecule has 0 fully saturated rings. The van der Waals surface area contributed by atoms with Gasteiger partial charge < -0.3 is 15.8 Å². The van der Waals surface area contributed by atoms with E-state index in [0.29, 0.717) is 23.1 Å². The number of para-hydroxylation sites is 1. The molecule has 140 valence electrons. The van der Waals surface area contributed by atoms with E-state index in [9.17, 15) is 0 Å². The maximum atomic E-state index is 6.31. The van der Waals surface area contributed by atoms with E-state index in [-0.39, 0.29) is 0 Å². The molecular weight excluding hydrogens is 350 g/mol. The maximum absolute atomic E-state index is 6.31. The first kappa shape index (κ1) is 17.7. The van der Waals surface area contributed by atoms with E-state index in [0.717, 1.165) is 33.4 Å². The Kier molecular flexibility index (Phi) is 4.53. The van der Waals surface area contributed by atoms with Crippen LogP contribution in [0.15, 0.2) is 54.9 Å². The van der Waals surface area contributed by atoms with Crippen molar-refractivity contribution in [1.29, 1.82) is 0 Å². The van der Waals surface area contributed by atoms with Crippen molar-refractivity contribution in [2.75, 3.05) is 11.1 Å². The summed E-state index contributed by atoms with van der Waals surface area (Å²) >= 11 is 0. The number of benzene rings is 2. The molecule has 0 radical (unpaired) electrons. The summed E-state index contributed by atoms with van der Waals surface area (Å²) in [6.07, 6.45) is 1.43. The number of hydrogen-bond donors (Lipinski definition) is 2. The molecule has 0 saturated heterocycles. The lowest BCUT2D eigenvalue weighted by Crippen LogP contribution is -2.04. The Morgan fingerprint density at radius 2 is 1.82 bits per heavy atom. The molecule has 0 amide bonds. The Morgan fingerprint density at radius 3 is 2.68 bits per heavy atom. The van der Waals surface area contributed by atoms with Crippen LogP contribution in [0, 0.1) is 20.8 Å². The normalized spacial score (nSPS) is 10.8. The van der Waals surface area contributed by atoms with Crippen molar-refractivity contribution in [2.45, 2.75) is 20.8 Å². The highest BCUT2D eigenvalue weighted by Gasteiger charge is 2.13. The minimum Gasteiger partial charge on any atom is -0.435 e. The molecule has 6 nitrogen and oxygen atoms in total. The van der Waals surface area contributed by atoms with Gasteiger partial charge in [-0.2, -0.15) is 4.98 Å². The van der Waals surface area contributed by atoms with Crippen LogP contribution in [0.1, 0.15) is 16.8 Å². The lowest BCUT2D eigenvalue weighted by Gasteiger charge is -2.14. The van der Waals surface area contributed by atoms with Crippen molar-refractivity contribution < 1.29 is 4.74 Å². The summed E-state index contributed by atoms with van der Waals surface area (Å²) in [5.41, 5.74) is 11.5. The van der Waals surface area contributed by atoms with Crippen LogP contribution < -0.4 is 15.8 Å². The van der Waals surface area contributed by atoms with Gasteiger partial charge in [-0.25, -0.2) is 9.97 Å². The summed E-state index contributed by atoms with van der Waals surface area (Å²) in [5.74, 6) is 1.39. The van der Waals surface area contributed by atoms with E-state index < -0.39 is 0 Å². The molecule has 0 unspecified atom stereocenters. The topological polar surface area (TPSA) is 86.0 Å². The van der Waals surface area contributed by atoms with Gasteiger partial charge in [0.15, 0.2) is 11.6 Å². The Bertz CT molecular complexity index is 1170. The van der Waals surface area contributed by atoms with E-state index in [4.69, 9.17) is 10.5 Å². The molecule has 4 aromatic rings. The monoisotopic (exact) mass is 371 g/mol. The summed E-state index contributed by atoms with van der Waals surface area (Å²) in [6.45, 7) is 6.01. The number of anilines is 3. The van der Waals surface area contributed by atoms with Crippen LogP contribution in [0.4, 0.5) is 17.2 Å². The average Bonchev–Trinajstić information content (AvgIpc) is 2.68. The van der Waals surface area contributed by atoms with Crippen LogP contribution >= 0.6 is 0 Å². The first-order chi connectivity index (χ1) is 13.5.